The van der Waals surface area contributed by atoms with Crippen molar-refractivity contribution in [2.75, 3.05) is 33.0 Å². The Kier molecular flexibility index (Phi) is 5.18. The van der Waals surface area contributed by atoms with Gasteiger partial charge in [0.2, 0.25) is 12.7 Å². The molecule has 1 fully saturated rings. The highest BCUT2D eigenvalue weighted by Crippen LogP contribution is 2.32. The molecule has 0 bridgehead atoms. The normalized spacial score (nSPS) is 16.0. The van der Waals surface area contributed by atoms with Crippen LogP contribution in [0.3, 0.4) is 0 Å². The van der Waals surface area contributed by atoms with Gasteiger partial charge in [0.1, 0.15) is 6.54 Å². The summed E-state index contributed by atoms with van der Waals surface area (Å²) in [6.07, 6.45) is 0. The number of carbonyl (C=O) groups excluding carboxylic acids is 1. The van der Waals surface area contributed by atoms with E-state index in [1.54, 1.807) is 36.2 Å². The number of hydrogen-bond donors (Lipinski definition) is 0. The molecule has 9 heteroatoms. The van der Waals surface area contributed by atoms with Crippen LogP contribution in [-0.2, 0) is 24.9 Å². The van der Waals surface area contributed by atoms with E-state index in [9.17, 15) is 14.4 Å². The molecular formula is C23H24N4O5. The molecule has 5 rings (SSSR count). The number of aromatic nitrogens is 2. The first kappa shape index (κ1) is 20.3. The van der Waals surface area contributed by atoms with Crippen molar-refractivity contribution in [1.82, 2.24) is 18.9 Å². The minimum absolute atomic E-state index is 0.220. The third-order valence-corrected chi connectivity index (χ3v) is 6.12. The Hall–Kier alpha value is -3.59. The Morgan fingerprint density at radius 3 is 2.53 bits per heavy atom. The van der Waals surface area contributed by atoms with Crippen LogP contribution in [0.15, 0.2) is 52.1 Å². The lowest BCUT2D eigenvalue weighted by molar-refractivity contribution is -0.133. The second-order valence-electron chi connectivity index (χ2n) is 8.09. The van der Waals surface area contributed by atoms with Gasteiger partial charge in [0.05, 0.1) is 10.9 Å². The van der Waals surface area contributed by atoms with Crippen LogP contribution in [-0.4, -0.2) is 57.8 Å². The number of hydrogen-bond acceptors (Lipinski definition) is 6. The lowest BCUT2D eigenvalue weighted by Gasteiger charge is -2.34. The molecule has 9 nitrogen and oxygen atoms in total. The maximum absolute atomic E-state index is 12.9. The van der Waals surface area contributed by atoms with Crippen molar-refractivity contribution >= 4 is 16.8 Å². The Bertz CT molecular complexity index is 1300. The Balaban J connectivity index is 1.24. The molecule has 3 aromatic rings. The van der Waals surface area contributed by atoms with Crippen molar-refractivity contribution < 1.29 is 14.3 Å². The number of para-hydroxylation sites is 1. The lowest BCUT2D eigenvalue weighted by atomic mass is 10.1. The van der Waals surface area contributed by atoms with Gasteiger partial charge in [-0.25, -0.2) is 4.79 Å². The summed E-state index contributed by atoms with van der Waals surface area (Å²) in [7, 11) is 1.61. The predicted molar refractivity (Wildman–Crippen MR) is 118 cm³/mol. The topological polar surface area (TPSA) is 86.0 Å². The highest BCUT2D eigenvalue weighted by atomic mass is 16.7. The molecule has 0 atom stereocenters. The van der Waals surface area contributed by atoms with Crippen molar-refractivity contribution in [1.29, 1.82) is 0 Å². The summed E-state index contributed by atoms with van der Waals surface area (Å²) in [5.74, 6) is 1.31. The van der Waals surface area contributed by atoms with Crippen LogP contribution in [0.25, 0.3) is 10.9 Å². The van der Waals surface area contributed by atoms with E-state index in [0.29, 0.717) is 37.1 Å². The first-order valence-corrected chi connectivity index (χ1v) is 10.6. The number of aryl methyl sites for hydroxylation is 1. The van der Waals surface area contributed by atoms with Crippen LogP contribution in [0.4, 0.5) is 0 Å². The maximum atomic E-state index is 12.9. The molecule has 0 spiro atoms. The first-order valence-electron chi connectivity index (χ1n) is 10.6. The van der Waals surface area contributed by atoms with Crippen LogP contribution >= 0.6 is 0 Å². The van der Waals surface area contributed by atoms with E-state index in [1.807, 2.05) is 18.2 Å². The van der Waals surface area contributed by atoms with Gasteiger partial charge in [0.15, 0.2) is 11.5 Å². The molecule has 1 saturated heterocycles. The zero-order valence-electron chi connectivity index (χ0n) is 17.8. The third kappa shape index (κ3) is 3.64. The van der Waals surface area contributed by atoms with Crippen LogP contribution in [0.5, 0.6) is 11.5 Å². The smallest absolute Gasteiger partial charge is 0.331 e. The van der Waals surface area contributed by atoms with Gasteiger partial charge in [-0.1, -0.05) is 18.2 Å². The molecule has 1 aromatic heterocycles. The highest BCUT2D eigenvalue weighted by molar-refractivity contribution is 5.79. The summed E-state index contributed by atoms with van der Waals surface area (Å²) < 4.78 is 13.2. The average Bonchev–Trinajstić information content (AvgIpc) is 3.29. The molecule has 2 aliphatic heterocycles. The number of rotatable bonds is 4. The number of ether oxygens (including phenoxy) is 2. The van der Waals surface area contributed by atoms with E-state index in [2.05, 4.69) is 4.90 Å². The standard InChI is InChI=1S/C23H24N4O5/c1-24-18-5-3-2-4-17(18)22(29)27(23(24)30)14-21(28)26-10-8-25(9-11-26)13-16-6-7-19-20(12-16)32-15-31-19/h2-7,12H,8-11,13-15H2,1H3. The van der Waals surface area contributed by atoms with E-state index < -0.39 is 11.2 Å². The largest absolute Gasteiger partial charge is 0.454 e. The molecule has 0 N–H and O–H groups in total. The predicted octanol–water partition coefficient (Wildman–Crippen LogP) is 0.773. The van der Waals surface area contributed by atoms with E-state index in [0.717, 1.165) is 28.2 Å². The Morgan fingerprint density at radius 1 is 0.969 bits per heavy atom. The molecule has 2 aliphatic rings. The zero-order valence-corrected chi connectivity index (χ0v) is 17.8. The minimum Gasteiger partial charge on any atom is -0.454 e. The van der Waals surface area contributed by atoms with E-state index >= 15 is 0 Å². The summed E-state index contributed by atoms with van der Waals surface area (Å²) in [5.41, 5.74) is 0.769. The Morgan fingerprint density at radius 2 is 1.72 bits per heavy atom. The number of fused-ring (bicyclic) bond motifs is 2. The van der Waals surface area contributed by atoms with Gasteiger partial charge in [-0.2, -0.15) is 0 Å². The summed E-state index contributed by atoms with van der Waals surface area (Å²) in [5, 5.41) is 0.427. The SMILES string of the molecule is Cn1c(=O)n(CC(=O)N2CCN(Cc3ccc4c(c3)OCO4)CC2)c(=O)c2ccccc21. The minimum atomic E-state index is -0.483. The summed E-state index contributed by atoms with van der Waals surface area (Å²) in [4.78, 5) is 42.4. The molecule has 0 radical (unpaired) electrons. The maximum Gasteiger partial charge on any atom is 0.331 e. The van der Waals surface area contributed by atoms with Crippen LogP contribution in [0, 0.1) is 0 Å². The van der Waals surface area contributed by atoms with Gasteiger partial charge in [0, 0.05) is 39.8 Å². The quantitative estimate of drug-likeness (QED) is 0.601. The molecule has 1 amide bonds. The molecule has 32 heavy (non-hydrogen) atoms. The fraction of sp³-hybridized carbons (Fsp3) is 0.348. The van der Waals surface area contributed by atoms with Gasteiger partial charge in [0.25, 0.3) is 5.56 Å². The second kappa shape index (κ2) is 8.16. The number of carbonyl (C=O) groups is 1. The van der Waals surface area contributed by atoms with Gasteiger partial charge < -0.3 is 14.4 Å². The number of piperazine rings is 1. The highest BCUT2D eigenvalue weighted by Gasteiger charge is 2.23. The molecule has 0 unspecified atom stereocenters. The average molecular weight is 436 g/mol. The van der Waals surface area contributed by atoms with Crippen LogP contribution in [0.2, 0.25) is 0 Å². The summed E-state index contributed by atoms with van der Waals surface area (Å²) >= 11 is 0. The monoisotopic (exact) mass is 436 g/mol. The van der Waals surface area contributed by atoms with Gasteiger partial charge in [-0.15, -0.1) is 0 Å². The van der Waals surface area contributed by atoms with E-state index in [1.165, 1.54) is 4.57 Å². The van der Waals surface area contributed by atoms with Crippen molar-refractivity contribution in [3.63, 3.8) is 0 Å². The molecule has 0 saturated carbocycles. The first-order chi connectivity index (χ1) is 15.5. The molecule has 166 valence electrons. The van der Waals surface area contributed by atoms with E-state index in [-0.39, 0.29) is 19.2 Å². The number of amides is 1. The molecular weight excluding hydrogens is 412 g/mol. The van der Waals surface area contributed by atoms with Gasteiger partial charge in [-0.05, 0) is 29.8 Å². The molecule has 0 aliphatic carbocycles. The van der Waals surface area contributed by atoms with Gasteiger partial charge >= 0.3 is 5.69 Å². The van der Waals surface area contributed by atoms with E-state index in [4.69, 9.17) is 9.47 Å². The van der Waals surface area contributed by atoms with Crippen LogP contribution < -0.4 is 20.7 Å². The van der Waals surface area contributed by atoms with Crippen molar-refractivity contribution in [2.24, 2.45) is 7.05 Å². The molecule has 3 heterocycles. The molecule has 2 aromatic carbocycles. The summed E-state index contributed by atoms with van der Waals surface area (Å²) in [6, 6.07) is 12.9. The number of nitrogens with zero attached hydrogens (tertiary/aromatic N) is 4. The van der Waals surface area contributed by atoms with Gasteiger partial charge in [-0.3, -0.25) is 23.6 Å². The van der Waals surface area contributed by atoms with Crippen molar-refractivity contribution in [3.05, 3.63) is 68.9 Å². The zero-order chi connectivity index (χ0) is 22.2. The lowest BCUT2D eigenvalue weighted by Crippen LogP contribution is -2.51. The second-order valence-corrected chi connectivity index (χ2v) is 8.09. The van der Waals surface area contributed by atoms with Crippen molar-refractivity contribution in [3.8, 4) is 11.5 Å². The fourth-order valence-electron chi connectivity index (χ4n) is 4.29. The van der Waals surface area contributed by atoms with Crippen LogP contribution in [0.1, 0.15) is 5.56 Å². The third-order valence-electron chi connectivity index (χ3n) is 6.12. The summed E-state index contributed by atoms with van der Waals surface area (Å²) in [6.45, 7) is 3.28. The van der Waals surface area contributed by atoms with Crippen molar-refractivity contribution in [2.45, 2.75) is 13.1 Å². The number of benzene rings is 2. The fourth-order valence-corrected chi connectivity index (χ4v) is 4.29. The Labute approximate surface area is 184 Å².